The van der Waals surface area contributed by atoms with Crippen molar-refractivity contribution < 1.29 is 10.2 Å². The minimum atomic E-state index is -0.0563. The SMILES string of the molecule is Cc1cc(C(C)(C)CC(C)(C)C)cc(-c2cc(C(C)(C)CC(C)(C)C)cc(C)c2O)c1O. The largest absolute Gasteiger partial charge is 0.507 e. The summed E-state index contributed by atoms with van der Waals surface area (Å²) in [6.07, 6.45) is 2.04. The molecular formula is C30H46O2. The van der Waals surface area contributed by atoms with E-state index in [1.165, 1.54) is 11.1 Å². The maximum atomic E-state index is 11.1. The molecule has 2 aromatic rings. The summed E-state index contributed by atoms with van der Waals surface area (Å²) in [5.74, 6) is 0.501. The lowest BCUT2D eigenvalue weighted by molar-refractivity contribution is 0.283. The fourth-order valence-electron chi connectivity index (χ4n) is 5.61. The molecule has 0 heterocycles. The highest BCUT2D eigenvalue weighted by Crippen LogP contribution is 2.46. The van der Waals surface area contributed by atoms with Crippen LogP contribution in [0.3, 0.4) is 0 Å². The van der Waals surface area contributed by atoms with Crippen molar-refractivity contribution in [2.24, 2.45) is 10.8 Å². The lowest BCUT2D eigenvalue weighted by Crippen LogP contribution is -2.25. The fraction of sp³-hybridized carbons (Fsp3) is 0.600. The summed E-state index contributed by atoms with van der Waals surface area (Å²) in [4.78, 5) is 0. The maximum absolute atomic E-state index is 11.1. The Morgan fingerprint density at radius 1 is 0.531 bits per heavy atom. The molecule has 0 radical (unpaired) electrons. The van der Waals surface area contributed by atoms with Gasteiger partial charge in [-0.05, 0) is 82.7 Å². The van der Waals surface area contributed by atoms with Crippen LogP contribution in [0.4, 0.5) is 0 Å². The zero-order valence-electron chi connectivity index (χ0n) is 22.6. The molecule has 0 amide bonds. The third-order valence-electron chi connectivity index (χ3n) is 6.40. The topological polar surface area (TPSA) is 40.5 Å². The molecule has 32 heavy (non-hydrogen) atoms. The number of phenolic OH excluding ortho intramolecular Hbond substituents is 2. The molecule has 178 valence electrons. The van der Waals surface area contributed by atoms with Crippen LogP contribution in [0.2, 0.25) is 0 Å². The van der Waals surface area contributed by atoms with Crippen molar-refractivity contribution in [2.45, 2.75) is 107 Å². The molecule has 0 aliphatic carbocycles. The molecule has 0 atom stereocenters. The summed E-state index contributed by atoms with van der Waals surface area (Å²) >= 11 is 0. The highest BCUT2D eigenvalue weighted by molar-refractivity contribution is 5.79. The van der Waals surface area contributed by atoms with Crippen LogP contribution < -0.4 is 0 Å². The van der Waals surface area contributed by atoms with E-state index < -0.39 is 0 Å². The van der Waals surface area contributed by atoms with Crippen LogP contribution >= 0.6 is 0 Å². The summed E-state index contributed by atoms with van der Waals surface area (Å²) in [6, 6.07) is 8.37. The first-order chi connectivity index (χ1) is 14.2. The van der Waals surface area contributed by atoms with E-state index in [9.17, 15) is 10.2 Å². The van der Waals surface area contributed by atoms with E-state index in [1.54, 1.807) is 0 Å². The standard InChI is InChI=1S/C30H46O2/c1-19-13-21(29(9,10)17-27(3,4)5)15-23(25(19)31)24-16-22(14-20(2)26(24)32)30(11,12)18-28(6,7)8/h13-16,31-32H,17-18H2,1-12H3. The van der Waals surface area contributed by atoms with Crippen LogP contribution in [-0.4, -0.2) is 10.2 Å². The normalized spacial score (nSPS) is 13.5. The van der Waals surface area contributed by atoms with E-state index >= 15 is 0 Å². The van der Waals surface area contributed by atoms with E-state index in [0.717, 1.165) is 35.1 Å². The van der Waals surface area contributed by atoms with E-state index in [4.69, 9.17) is 0 Å². The zero-order chi connectivity index (χ0) is 24.9. The molecule has 2 heteroatoms. The Kier molecular flexibility index (Phi) is 6.93. The Morgan fingerprint density at radius 2 is 0.812 bits per heavy atom. The molecule has 0 unspecified atom stereocenters. The molecule has 0 saturated heterocycles. The first-order valence-electron chi connectivity index (χ1n) is 11.9. The number of hydrogen-bond donors (Lipinski definition) is 2. The second-order valence-electron chi connectivity index (χ2n) is 13.6. The zero-order valence-corrected chi connectivity index (χ0v) is 22.6. The van der Waals surface area contributed by atoms with Gasteiger partial charge in [0.15, 0.2) is 0 Å². The van der Waals surface area contributed by atoms with Crippen LogP contribution in [0.1, 0.15) is 104 Å². The summed E-state index contributed by atoms with van der Waals surface area (Å²) in [5, 5.41) is 22.1. The summed E-state index contributed by atoms with van der Waals surface area (Å²) < 4.78 is 0. The Morgan fingerprint density at radius 3 is 1.06 bits per heavy atom. The van der Waals surface area contributed by atoms with Gasteiger partial charge in [-0.25, -0.2) is 0 Å². The summed E-state index contributed by atoms with van der Waals surface area (Å²) in [5.41, 5.74) is 5.76. The molecule has 2 rings (SSSR count). The smallest absolute Gasteiger partial charge is 0.126 e. The van der Waals surface area contributed by atoms with E-state index in [-0.39, 0.29) is 33.2 Å². The van der Waals surface area contributed by atoms with Crippen LogP contribution in [-0.2, 0) is 10.8 Å². The summed E-state index contributed by atoms with van der Waals surface area (Å²) in [7, 11) is 0. The minimum Gasteiger partial charge on any atom is -0.507 e. The van der Waals surface area contributed by atoms with E-state index in [0.29, 0.717) is 0 Å². The molecule has 0 aromatic heterocycles. The highest BCUT2D eigenvalue weighted by Gasteiger charge is 2.31. The Balaban J connectivity index is 2.73. The Hall–Kier alpha value is -1.96. The van der Waals surface area contributed by atoms with Crippen LogP contribution in [0, 0.1) is 24.7 Å². The van der Waals surface area contributed by atoms with Gasteiger partial charge in [0, 0.05) is 11.1 Å². The van der Waals surface area contributed by atoms with Gasteiger partial charge in [-0.3, -0.25) is 0 Å². The van der Waals surface area contributed by atoms with Crippen LogP contribution in [0.15, 0.2) is 24.3 Å². The maximum Gasteiger partial charge on any atom is 0.126 e. The van der Waals surface area contributed by atoms with Gasteiger partial charge in [0.05, 0.1) is 0 Å². The quantitative estimate of drug-likeness (QED) is 0.489. The third kappa shape index (κ3) is 6.09. The molecule has 2 nitrogen and oxygen atoms in total. The molecular weight excluding hydrogens is 392 g/mol. The fourth-order valence-corrected chi connectivity index (χ4v) is 5.61. The molecule has 0 fully saturated rings. The van der Waals surface area contributed by atoms with Crippen LogP contribution in [0.25, 0.3) is 11.1 Å². The van der Waals surface area contributed by atoms with Gasteiger partial charge in [0.1, 0.15) is 11.5 Å². The number of hydrogen-bond acceptors (Lipinski definition) is 2. The molecule has 0 bridgehead atoms. The van der Waals surface area contributed by atoms with Gasteiger partial charge in [-0.15, -0.1) is 0 Å². The molecule has 0 aliphatic rings. The van der Waals surface area contributed by atoms with Crippen molar-refractivity contribution in [2.75, 3.05) is 0 Å². The van der Waals surface area contributed by atoms with Gasteiger partial charge < -0.3 is 10.2 Å². The molecule has 0 aliphatic heterocycles. The number of aromatic hydroxyl groups is 2. The van der Waals surface area contributed by atoms with Crippen molar-refractivity contribution in [3.05, 3.63) is 46.5 Å². The number of phenols is 2. The predicted molar refractivity (Wildman–Crippen MR) is 139 cm³/mol. The van der Waals surface area contributed by atoms with Crippen molar-refractivity contribution in [3.63, 3.8) is 0 Å². The Bertz CT molecular complexity index is 898. The lowest BCUT2D eigenvalue weighted by atomic mass is 9.70. The second kappa shape index (κ2) is 8.43. The molecule has 0 saturated carbocycles. The number of aryl methyl sites for hydroxylation is 2. The minimum absolute atomic E-state index is 0.0563. The first kappa shape index (κ1) is 26.3. The van der Waals surface area contributed by atoms with Crippen molar-refractivity contribution in [1.82, 2.24) is 0 Å². The van der Waals surface area contributed by atoms with Crippen molar-refractivity contribution >= 4 is 0 Å². The monoisotopic (exact) mass is 438 g/mol. The third-order valence-corrected chi connectivity index (χ3v) is 6.40. The summed E-state index contributed by atoms with van der Waals surface area (Å²) in [6.45, 7) is 26.5. The average Bonchev–Trinajstić information content (AvgIpc) is 2.55. The molecule has 2 N–H and O–H groups in total. The predicted octanol–water partition coefficient (Wildman–Crippen LogP) is 8.81. The highest BCUT2D eigenvalue weighted by atomic mass is 16.3. The van der Waals surface area contributed by atoms with Crippen molar-refractivity contribution in [3.8, 4) is 22.6 Å². The molecule has 0 spiro atoms. The molecule has 2 aromatic carbocycles. The second-order valence-corrected chi connectivity index (χ2v) is 13.6. The van der Waals surface area contributed by atoms with Crippen LogP contribution in [0.5, 0.6) is 11.5 Å². The number of rotatable bonds is 5. The van der Waals surface area contributed by atoms with Crippen molar-refractivity contribution in [1.29, 1.82) is 0 Å². The average molecular weight is 439 g/mol. The van der Waals surface area contributed by atoms with E-state index in [1.807, 2.05) is 13.8 Å². The van der Waals surface area contributed by atoms with Gasteiger partial charge in [-0.2, -0.15) is 0 Å². The number of benzene rings is 2. The van der Waals surface area contributed by atoms with Gasteiger partial charge in [0.2, 0.25) is 0 Å². The van der Waals surface area contributed by atoms with E-state index in [2.05, 4.69) is 93.5 Å². The Labute approximate surface area is 197 Å². The van der Waals surface area contributed by atoms with Gasteiger partial charge in [0.25, 0.3) is 0 Å². The lowest BCUT2D eigenvalue weighted by Gasteiger charge is -2.34. The first-order valence-corrected chi connectivity index (χ1v) is 11.9. The van der Waals surface area contributed by atoms with Gasteiger partial charge in [-0.1, -0.05) is 81.4 Å². The van der Waals surface area contributed by atoms with Gasteiger partial charge >= 0.3 is 0 Å².